The number of carboxylic acids is 1. The third kappa shape index (κ3) is 4.97. The summed E-state index contributed by atoms with van der Waals surface area (Å²) >= 11 is 1.28. The number of carboxylic acid groups (broad SMARTS) is 1. The Morgan fingerprint density at radius 1 is 1.38 bits per heavy atom. The van der Waals surface area contributed by atoms with Crippen LogP contribution in [-0.2, 0) is 25.5 Å². The van der Waals surface area contributed by atoms with E-state index in [1.165, 1.54) is 11.8 Å². The molecule has 1 aromatic carbocycles. The maximum atomic E-state index is 12.2. The normalized spacial score (nSPS) is 21.0. The Balaban J connectivity index is 2.02. The molecule has 1 amide bonds. The van der Waals surface area contributed by atoms with Crippen LogP contribution in [0.3, 0.4) is 0 Å². The molecule has 1 aliphatic heterocycles. The molecule has 0 aromatic heterocycles. The van der Waals surface area contributed by atoms with Crippen LogP contribution >= 0.6 is 11.8 Å². The molecule has 0 saturated carbocycles. The van der Waals surface area contributed by atoms with Crippen molar-refractivity contribution in [3.63, 3.8) is 0 Å². The van der Waals surface area contributed by atoms with Crippen LogP contribution in [0.25, 0.3) is 0 Å². The van der Waals surface area contributed by atoms with E-state index in [2.05, 4.69) is 10.6 Å². The molecule has 1 saturated heterocycles. The molecule has 1 aliphatic rings. The summed E-state index contributed by atoms with van der Waals surface area (Å²) in [6.07, 6.45) is 0.135. The van der Waals surface area contributed by atoms with Gasteiger partial charge in [-0.1, -0.05) is 30.3 Å². The van der Waals surface area contributed by atoms with Crippen LogP contribution in [0.5, 0.6) is 0 Å². The molecule has 0 unspecified atom stereocenters. The highest BCUT2D eigenvalue weighted by Gasteiger charge is 2.39. The van der Waals surface area contributed by atoms with Gasteiger partial charge in [0.2, 0.25) is 5.91 Å². The van der Waals surface area contributed by atoms with Gasteiger partial charge in [-0.15, -0.1) is 11.8 Å². The van der Waals surface area contributed by atoms with Crippen LogP contribution in [0.2, 0.25) is 0 Å². The van der Waals surface area contributed by atoms with Gasteiger partial charge in [-0.05, 0) is 12.5 Å². The zero-order chi connectivity index (χ0) is 17.5. The van der Waals surface area contributed by atoms with Crippen LogP contribution < -0.4 is 10.6 Å². The van der Waals surface area contributed by atoms with Crippen LogP contribution in [-0.4, -0.2) is 52.8 Å². The van der Waals surface area contributed by atoms with Gasteiger partial charge in [-0.25, -0.2) is 4.79 Å². The van der Waals surface area contributed by atoms with Gasteiger partial charge in [-0.3, -0.25) is 14.9 Å². The third-order valence-electron chi connectivity index (χ3n) is 3.47. The van der Waals surface area contributed by atoms with Crippen LogP contribution in [0, 0.1) is 0 Å². The zero-order valence-electron chi connectivity index (χ0n) is 13.2. The lowest BCUT2D eigenvalue weighted by molar-refractivity contribution is -0.148. The molecule has 1 heterocycles. The number of aliphatic carboxylic acids is 1. The molecule has 0 spiro atoms. The first kappa shape index (κ1) is 18.3. The van der Waals surface area contributed by atoms with E-state index in [1.54, 1.807) is 6.92 Å². The molecule has 7 nitrogen and oxygen atoms in total. The van der Waals surface area contributed by atoms with Crippen molar-refractivity contribution in [1.82, 2.24) is 10.6 Å². The summed E-state index contributed by atoms with van der Waals surface area (Å²) < 4.78 is 5.01. The van der Waals surface area contributed by atoms with E-state index >= 15 is 0 Å². The van der Waals surface area contributed by atoms with Gasteiger partial charge in [0.15, 0.2) is 6.04 Å². The van der Waals surface area contributed by atoms with Crippen molar-refractivity contribution in [1.29, 1.82) is 0 Å². The van der Waals surface area contributed by atoms with Crippen LogP contribution in [0.15, 0.2) is 30.3 Å². The maximum absolute atomic E-state index is 12.2. The van der Waals surface area contributed by atoms with E-state index in [0.717, 1.165) is 5.56 Å². The van der Waals surface area contributed by atoms with E-state index in [-0.39, 0.29) is 18.9 Å². The molecule has 0 aliphatic carbocycles. The minimum absolute atomic E-state index is 0.135. The fourth-order valence-corrected chi connectivity index (χ4v) is 3.60. The summed E-state index contributed by atoms with van der Waals surface area (Å²) in [6, 6.07) is 7.48. The summed E-state index contributed by atoms with van der Waals surface area (Å²) in [5, 5.41) is 14.0. The Morgan fingerprint density at radius 2 is 2.08 bits per heavy atom. The quantitative estimate of drug-likeness (QED) is 0.610. The van der Waals surface area contributed by atoms with Gasteiger partial charge in [-0.2, -0.15) is 0 Å². The predicted octanol–water partition coefficient (Wildman–Crippen LogP) is 0.393. The van der Waals surface area contributed by atoms with Gasteiger partial charge >= 0.3 is 11.9 Å². The molecule has 130 valence electrons. The largest absolute Gasteiger partial charge is 0.480 e. The number of carbonyl (C=O) groups is 3. The Morgan fingerprint density at radius 3 is 2.67 bits per heavy atom. The summed E-state index contributed by atoms with van der Waals surface area (Å²) in [4.78, 5) is 35.4. The number of carbonyl (C=O) groups excluding carboxylic acids is 2. The number of benzene rings is 1. The molecule has 3 N–H and O–H groups in total. The summed E-state index contributed by atoms with van der Waals surface area (Å²) in [5.74, 6) is -1.55. The number of hydrogen-bond donors (Lipinski definition) is 3. The highest BCUT2D eigenvalue weighted by atomic mass is 32.2. The predicted molar refractivity (Wildman–Crippen MR) is 89.5 cm³/mol. The SMILES string of the molecule is CCOC(=O)[C@@H](NC(=O)Cc1ccccc1)[C@H]1N[C@H](C(=O)O)CS1. The van der Waals surface area contributed by atoms with E-state index in [0.29, 0.717) is 5.75 Å². The van der Waals surface area contributed by atoms with Crippen LogP contribution in [0.1, 0.15) is 12.5 Å². The average molecular weight is 352 g/mol. The van der Waals surface area contributed by atoms with Crippen molar-refractivity contribution in [3.8, 4) is 0 Å². The molecule has 1 fully saturated rings. The molecule has 1 aromatic rings. The first-order chi connectivity index (χ1) is 11.5. The fourth-order valence-electron chi connectivity index (χ4n) is 2.33. The smallest absolute Gasteiger partial charge is 0.331 e. The second-order valence-corrected chi connectivity index (χ2v) is 6.45. The average Bonchev–Trinajstić information content (AvgIpc) is 3.03. The lowest BCUT2D eigenvalue weighted by Crippen LogP contribution is -2.54. The highest BCUT2D eigenvalue weighted by molar-refractivity contribution is 8.00. The van der Waals surface area contributed by atoms with Crippen molar-refractivity contribution in [2.45, 2.75) is 30.8 Å². The van der Waals surface area contributed by atoms with Crippen LogP contribution in [0.4, 0.5) is 0 Å². The Labute approximate surface area is 144 Å². The molecule has 0 bridgehead atoms. The van der Waals surface area contributed by atoms with Gasteiger partial charge in [0, 0.05) is 5.75 Å². The Hall–Kier alpha value is -2.06. The monoisotopic (exact) mass is 352 g/mol. The number of esters is 1. The Bertz CT molecular complexity index is 595. The van der Waals surface area contributed by atoms with Crippen molar-refractivity contribution >= 4 is 29.6 Å². The first-order valence-corrected chi connectivity index (χ1v) is 8.66. The van der Waals surface area contributed by atoms with Crippen molar-refractivity contribution in [2.24, 2.45) is 0 Å². The van der Waals surface area contributed by atoms with E-state index in [9.17, 15) is 14.4 Å². The van der Waals surface area contributed by atoms with Crippen molar-refractivity contribution in [3.05, 3.63) is 35.9 Å². The third-order valence-corrected chi connectivity index (χ3v) is 4.77. The molecule has 0 radical (unpaired) electrons. The maximum Gasteiger partial charge on any atom is 0.331 e. The van der Waals surface area contributed by atoms with Gasteiger partial charge < -0.3 is 15.2 Å². The van der Waals surface area contributed by atoms with Gasteiger partial charge in [0.1, 0.15) is 6.04 Å². The zero-order valence-corrected chi connectivity index (χ0v) is 14.0. The lowest BCUT2D eigenvalue weighted by atomic mass is 10.1. The second kappa shape index (κ2) is 8.70. The number of amides is 1. The topological polar surface area (TPSA) is 105 Å². The van der Waals surface area contributed by atoms with E-state index in [1.807, 2.05) is 30.3 Å². The Kier molecular flexibility index (Phi) is 6.62. The number of thioether (sulfide) groups is 1. The molecular weight excluding hydrogens is 332 g/mol. The van der Waals surface area contributed by atoms with Gasteiger partial charge in [0.25, 0.3) is 0 Å². The van der Waals surface area contributed by atoms with Crippen molar-refractivity contribution in [2.75, 3.05) is 12.4 Å². The number of hydrogen-bond acceptors (Lipinski definition) is 6. The number of rotatable bonds is 7. The summed E-state index contributed by atoms with van der Waals surface area (Å²) in [7, 11) is 0. The van der Waals surface area contributed by atoms with E-state index in [4.69, 9.17) is 9.84 Å². The number of ether oxygens (including phenoxy) is 1. The van der Waals surface area contributed by atoms with E-state index < -0.39 is 29.4 Å². The summed E-state index contributed by atoms with van der Waals surface area (Å²) in [6.45, 7) is 1.86. The highest BCUT2D eigenvalue weighted by Crippen LogP contribution is 2.22. The first-order valence-electron chi connectivity index (χ1n) is 7.61. The second-order valence-electron chi connectivity index (χ2n) is 5.27. The molecule has 24 heavy (non-hydrogen) atoms. The number of nitrogens with one attached hydrogen (secondary N) is 2. The van der Waals surface area contributed by atoms with Gasteiger partial charge in [0.05, 0.1) is 18.4 Å². The minimum atomic E-state index is -0.983. The lowest BCUT2D eigenvalue weighted by Gasteiger charge is -2.23. The molecular formula is C16H20N2O5S. The molecule has 3 atom stereocenters. The molecule has 2 rings (SSSR count). The fraction of sp³-hybridized carbons (Fsp3) is 0.438. The molecule has 8 heteroatoms. The van der Waals surface area contributed by atoms with Crippen molar-refractivity contribution < 1.29 is 24.2 Å². The standard InChI is InChI=1S/C16H20N2O5S/c1-2-23-16(22)13(14-17-11(9-24-14)15(20)21)18-12(19)8-10-6-4-3-5-7-10/h3-7,11,13-14,17H,2,8-9H2,1H3,(H,18,19)(H,20,21)/t11-,13-,14-/m0/s1. The minimum Gasteiger partial charge on any atom is -0.480 e. The summed E-state index contributed by atoms with van der Waals surface area (Å²) in [5.41, 5.74) is 0.827.